The quantitative estimate of drug-likeness (QED) is 0.463. The molecule has 2 N–H and O–H groups in total. The van der Waals surface area contributed by atoms with Crippen LogP contribution in [0.5, 0.6) is 11.5 Å². The number of hydrogen-bond donors (Lipinski definition) is 2. The minimum Gasteiger partial charge on any atom is -0.497 e. The number of benzene rings is 2. The third kappa shape index (κ3) is 5.29. The number of methoxy groups -OCH3 is 2. The molecule has 2 aliphatic heterocycles. The van der Waals surface area contributed by atoms with Crippen molar-refractivity contribution in [2.45, 2.75) is 42.5 Å². The molecule has 10 heteroatoms. The van der Waals surface area contributed by atoms with Crippen molar-refractivity contribution in [3.63, 3.8) is 0 Å². The third-order valence-corrected chi connectivity index (χ3v) is 10.3. The minimum atomic E-state index is -0.408. The van der Waals surface area contributed by atoms with Crippen LogP contribution in [-0.4, -0.2) is 65.5 Å². The minimum absolute atomic E-state index is 0.0817. The van der Waals surface area contributed by atoms with Gasteiger partial charge in [0.1, 0.15) is 28.2 Å². The molecule has 0 bridgehead atoms. The highest BCUT2D eigenvalue weighted by Gasteiger charge is 2.55. The van der Waals surface area contributed by atoms with Crippen molar-refractivity contribution < 1.29 is 14.3 Å². The fourth-order valence-corrected chi connectivity index (χ4v) is 7.76. The van der Waals surface area contributed by atoms with Crippen LogP contribution >= 0.6 is 23.7 Å². The van der Waals surface area contributed by atoms with Crippen LogP contribution in [0.3, 0.4) is 0 Å². The number of carbonyl (C=O) groups excluding carboxylic acids is 1. The first-order valence-corrected chi connectivity index (χ1v) is 14.5. The van der Waals surface area contributed by atoms with E-state index < -0.39 is 5.54 Å². The number of hydrogen-bond acceptors (Lipinski definition) is 9. The molecule has 5 rings (SSSR count). The lowest BCUT2D eigenvalue weighted by molar-refractivity contribution is 0.0973. The maximum absolute atomic E-state index is 13.0. The van der Waals surface area contributed by atoms with E-state index in [4.69, 9.17) is 14.5 Å². The standard InChI is InChI=1S/C28H35N5O3S2/c1-28(26-32(2)23(17-37-26)29-16-20-13-14-21(35-4)15-22(20)36-5)24(18-11-12-18)38-33(3)27(31-28)30-25(34)19-9-7-6-8-10-19/h6-10,13-15,17-18,24,26,29H,11-12,16H2,1-5H3,(H,30,31,34). The maximum Gasteiger partial charge on any atom is 0.257 e. The van der Waals surface area contributed by atoms with E-state index in [2.05, 4.69) is 34.9 Å². The summed E-state index contributed by atoms with van der Waals surface area (Å²) in [5, 5.41) is 9.24. The van der Waals surface area contributed by atoms with Crippen LogP contribution in [0.2, 0.25) is 0 Å². The van der Waals surface area contributed by atoms with Gasteiger partial charge in [-0.3, -0.25) is 14.4 Å². The Morgan fingerprint density at radius 1 is 1.13 bits per heavy atom. The summed E-state index contributed by atoms with van der Waals surface area (Å²) in [4.78, 5) is 20.5. The predicted octanol–water partition coefficient (Wildman–Crippen LogP) is 4.51. The summed E-state index contributed by atoms with van der Waals surface area (Å²) in [6.07, 6.45) is 2.44. The second-order valence-corrected chi connectivity index (χ2v) is 12.2. The molecule has 1 saturated carbocycles. The molecule has 3 atom stereocenters. The number of thioether (sulfide) groups is 1. The first-order chi connectivity index (χ1) is 18.3. The van der Waals surface area contributed by atoms with Crippen LogP contribution in [0.1, 0.15) is 35.7 Å². The van der Waals surface area contributed by atoms with Crippen molar-refractivity contribution in [1.82, 2.24) is 19.8 Å². The highest BCUT2D eigenvalue weighted by molar-refractivity contribution is 8.03. The first kappa shape index (κ1) is 26.6. The van der Waals surface area contributed by atoms with Crippen LogP contribution < -0.4 is 20.1 Å². The summed E-state index contributed by atoms with van der Waals surface area (Å²) < 4.78 is 12.9. The van der Waals surface area contributed by atoms with Gasteiger partial charge in [-0.25, -0.2) is 4.99 Å². The molecule has 38 heavy (non-hydrogen) atoms. The number of likely N-dealkylation sites (N-methyl/N-ethyl adjacent to an activating group) is 1. The molecule has 1 aliphatic carbocycles. The number of amides is 1. The van der Waals surface area contributed by atoms with Gasteiger partial charge in [-0.05, 0) is 61.9 Å². The predicted molar refractivity (Wildman–Crippen MR) is 155 cm³/mol. The number of ether oxygens (including phenoxy) is 2. The number of rotatable bonds is 8. The highest BCUT2D eigenvalue weighted by atomic mass is 32.2. The average molecular weight is 554 g/mol. The first-order valence-electron chi connectivity index (χ1n) is 12.7. The SMILES string of the molecule is COc1ccc(CNC2=CSC(C3(C)N=C(NC(=O)c4ccccc4)N(C)SC3C3CC3)N2C)c(OC)c1. The Morgan fingerprint density at radius 3 is 2.58 bits per heavy atom. The van der Waals surface area contributed by atoms with Gasteiger partial charge < -0.3 is 19.7 Å². The van der Waals surface area contributed by atoms with Gasteiger partial charge in [0.2, 0.25) is 5.96 Å². The summed E-state index contributed by atoms with van der Waals surface area (Å²) in [6.45, 7) is 2.86. The molecule has 2 aromatic carbocycles. The van der Waals surface area contributed by atoms with E-state index in [1.54, 1.807) is 37.9 Å². The van der Waals surface area contributed by atoms with E-state index in [0.717, 1.165) is 22.9 Å². The number of nitrogens with one attached hydrogen (secondary N) is 2. The lowest BCUT2D eigenvalue weighted by Crippen LogP contribution is -2.58. The van der Waals surface area contributed by atoms with Gasteiger partial charge >= 0.3 is 0 Å². The molecule has 2 heterocycles. The molecule has 202 valence electrons. The van der Waals surface area contributed by atoms with E-state index in [0.29, 0.717) is 29.2 Å². The van der Waals surface area contributed by atoms with Gasteiger partial charge in [-0.15, -0.1) is 11.8 Å². The third-order valence-electron chi connectivity index (χ3n) is 7.30. The Balaban J connectivity index is 1.34. The summed E-state index contributed by atoms with van der Waals surface area (Å²) >= 11 is 3.57. The van der Waals surface area contributed by atoms with Gasteiger partial charge in [0.25, 0.3) is 5.91 Å². The normalized spacial score (nSPS) is 25.0. The lowest BCUT2D eigenvalue weighted by Gasteiger charge is -2.47. The molecule has 0 spiro atoms. The largest absolute Gasteiger partial charge is 0.497 e. The van der Waals surface area contributed by atoms with Crippen molar-refractivity contribution >= 4 is 35.6 Å². The molecule has 8 nitrogen and oxygen atoms in total. The van der Waals surface area contributed by atoms with Gasteiger partial charge in [-0.2, -0.15) is 0 Å². The van der Waals surface area contributed by atoms with Crippen molar-refractivity contribution in [3.8, 4) is 11.5 Å². The Hall–Kier alpha value is -2.98. The molecule has 3 unspecified atom stereocenters. The number of nitrogens with zero attached hydrogens (tertiary/aromatic N) is 3. The van der Waals surface area contributed by atoms with Crippen LogP contribution in [0.25, 0.3) is 0 Å². The summed E-state index contributed by atoms with van der Waals surface area (Å²) in [7, 11) is 7.43. The average Bonchev–Trinajstić information content (AvgIpc) is 3.71. The summed E-state index contributed by atoms with van der Waals surface area (Å²) in [5.41, 5.74) is 1.26. The fourth-order valence-electron chi connectivity index (χ4n) is 5.03. The highest BCUT2D eigenvalue weighted by Crippen LogP contribution is 2.53. The van der Waals surface area contributed by atoms with Crippen molar-refractivity contribution in [2.75, 3.05) is 28.3 Å². The summed E-state index contributed by atoms with van der Waals surface area (Å²) in [5.74, 6) is 3.68. The van der Waals surface area contributed by atoms with Gasteiger partial charge in [0.05, 0.1) is 19.5 Å². The lowest BCUT2D eigenvalue weighted by atomic mass is 9.93. The second-order valence-electron chi connectivity index (χ2n) is 9.98. The van der Waals surface area contributed by atoms with Crippen molar-refractivity contribution in [1.29, 1.82) is 0 Å². The fraction of sp³-hybridized carbons (Fsp3) is 0.429. The molecule has 1 amide bonds. The molecule has 2 aromatic rings. The van der Waals surface area contributed by atoms with Gasteiger partial charge in [0.15, 0.2) is 0 Å². The molecule has 0 saturated heterocycles. The molecular weight excluding hydrogens is 518 g/mol. The van der Waals surface area contributed by atoms with Crippen LogP contribution in [0, 0.1) is 5.92 Å². The summed E-state index contributed by atoms with van der Waals surface area (Å²) in [6, 6.07) is 15.2. The molecule has 1 fully saturated rings. The molecular formula is C28H35N5O3S2. The zero-order valence-corrected chi connectivity index (χ0v) is 24.1. The van der Waals surface area contributed by atoms with Gasteiger partial charge in [0, 0.05) is 43.2 Å². The Labute approximate surface area is 233 Å². The topological polar surface area (TPSA) is 78.4 Å². The Morgan fingerprint density at radius 2 is 1.89 bits per heavy atom. The van der Waals surface area contributed by atoms with E-state index in [1.165, 1.54) is 12.8 Å². The van der Waals surface area contributed by atoms with Gasteiger partial charge in [-0.1, -0.05) is 18.2 Å². The molecule has 3 aliphatic rings. The number of carbonyl (C=O) groups is 1. The van der Waals surface area contributed by atoms with Crippen LogP contribution in [0.15, 0.2) is 64.8 Å². The van der Waals surface area contributed by atoms with Crippen molar-refractivity contribution in [2.24, 2.45) is 10.9 Å². The van der Waals surface area contributed by atoms with E-state index in [1.807, 2.05) is 59.9 Å². The monoisotopic (exact) mass is 553 g/mol. The molecule has 0 radical (unpaired) electrons. The van der Waals surface area contributed by atoms with E-state index >= 15 is 0 Å². The van der Waals surface area contributed by atoms with Crippen molar-refractivity contribution in [3.05, 3.63) is 70.9 Å². The Kier molecular flexibility index (Phi) is 7.72. The van der Waals surface area contributed by atoms with Crippen LogP contribution in [0.4, 0.5) is 0 Å². The van der Waals surface area contributed by atoms with E-state index in [9.17, 15) is 4.79 Å². The zero-order chi connectivity index (χ0) is 26.9. The number of guanidine groups is 1. The maximum atomic E-state index is 13.0. The zero-order valence-electron chi connectivity index (χ0n) is 22.4. The van der Waals surface area contributed by atoms with E-state index in [-0.39, 0.29) is 11.3 Å². The van der Waals surface area contributed by atoms with Crippen LogP contribution in [-0.2, 0) is 6.54 Å². The smallest absolute Gasteiger partial charge is 0.257 e. The Bertz CT molecular complexity index is 1240. The second kappa shape index (κ2) is 11.0. The number of aliphatic imine (C=N–C) groups is 1. The molecule has 0 aromatic heterocycles.